The van der Waals surface area contributed by atoms with Crippen LogP contribution in [0.1, 0.15) is 47.9 Å². The number of nitrogens with zero attached hydrogens (tertiary/aromatic N) is 4. The standard InChI is InChI=1S/C27H30N4O2/c1-4-20(2)21-9-11-23(12-10-21)33-18-17-31-25-8-6-5-7-24(25)29-26(31)19-30(3)27(32)22-13-15-28-16-14-22/h5-16,20H,4,17-19H2,1-3H3. The van der Waals surface area contributed by atoms with E-state index >= 15 is 0 Å². The van der Waals surface area contributed by atoms with Crippen LogP contribution in [0.25, 0.3) is 11.0 Å². The van der Waals surface area contributed by atoms with E-state index < -0.39 is 0 Å². The van der Waals surface area contributed by atoms with Crippen molar-refractivity contribution in [3.63, 3.8) is 0 Å². The summed E-state index contributed by atoms with van der Waals surface area (Å²) in [6.45, 7) is 5.99. The number of hydrogen-bond donors (Lipinski definition) is 0. The van der Waals surface area contributed by atoms with Gasteiger partial charge in [0.25, 0.3) is 5.91 Å². The zero-order valence-corrected chi connectivity index (χ0v) is 19.4. The highest BCUT2D eigenvalue weighted by molar-refractivity contribution is 5.93. The molecule has 1 atom stereocenters. The third kappa shape index (κ3) is 5.22. The molecule has 1 amide bonds. The van der Waals surface area contributed by atoms with E-state index in [-0.39, 0.29) is 5.91 Å². The van der Waals surface area contributed by atoms with Crippen molar-refractivity contribution in [1.82, 2.24) is 19.4 Å². The Morgan fingerprint density at radius 2 is 1.79 bits per heavy atom. The fraction of sp³-hybridized carbons (Fsp3) is 0.296. The normalized spacial score (nSPS) is 12.0. The Morgan fingerprint density at radius 1 is 1.06 bits per heavy atom. The molecule has 6 heteroatoms. The third-order valence-electron chi connectivity index (χ3n) is 6.03. The summed E-state index contributed by atoms with van der Waals surface area (Å²) in [5, 5.41) is 0. The maximum absolute atomic E-state index is 12.8. The molecular weight excluding hydrogens is 412 g/mol. The topological polar surface area (TPSA) is 60.2 Å². The molecule has 0 aliphatic rings. The van der Waals surface area contributed by atoms with Crippen LogP contribution in [0.3, 0.4) is 0 Å². The molecule has 2 aromatic carbocycles. The van der Waals surface area contributed by atoms with Gasteiger partial charge in [0.2, 0.25) is 0 Å². The summed E-state index contributed by atoms with van der Waals surface area (Å²) in [7, 11) is 1.79. The third-order valence-corrected chi connectivity index (χ3v) is 6.03. The van der Waals surface area contributed by atoms with Crippen molar-refractivity contribution >= 4 is 16.9 Å². The number of pyridine rings is 1. The largest absolute Gasteiger partial charge is 0.492 e. The van der Waals surface area contributed by atoms with E-state index in [1.165, 1.54) is 5.56 Å². The number of carbonyl (C=O) groups is 1. The average molecular weight is 443 g/mol. The van der Waals surface area contributed by atoms with Crippen LogP contribution in [-0.4, -0.2) is 39.0 Å². The second-order valence-corrected chi connectivity index (χ2v) is 8.29. The zero-order chi connectivity index (χ0) is 23.2. The number of benzene rings is 2. The van der Waals surface area contributed by atoms with Gasteiger partial charge in [0.1, 0.15) is 18.2 Å². The molecule has 0 aliphatic heterocycles. The van der Waals surface area contributed by atoms with Crippen molar-refractivity contribution in [1.29, 1.82) is 0 Å². The van der Waals surface area contributed by atoms with Gasteiger partial charge in [-0.15, -0.1) is 0 Å². The van der Waals surface area contributed by atoms with Crippen LogP contribution in [0, 0.1) is 0 Å². The molecule has 4 aromatic rings. The Balaban J connectivity index is 1.47. The molecule has 0 N–H and O–H groups in total. The minimum atomic E-state index is -0.0614. The summed E-state index contributed by atoms with van der Waals surface area (Å²) in [6, 6.07) is 19.8. The molecule has 0 saturated heterocycles. The van der Waals surface area contributed by atoms with E-state index in [1.807, 2.05) is 30.3 Å². The highest BCUT2D eigenvalue weighted by Crippen LogP contribution is 2.22. The van der Waals surface area contributed by atoms with Gasteiger partial charge in [-0.25, -0.2) is 4.98 Å². The van der Waals surface area contributed by atoms with E-state index in [0.29, 0.717) is 31.2 Å². The van der Waals surface area contributed by atoms with E-state index in [0.717, 1.165) is 29.0 Å². The van der Waals surface area contributed by atoms with Gasteiger partial charge in [-0.2, -0.15) is 0 Å². The minimum absolute atomic E-state index is 0.0614. The monoisotopic (exact) mass is 442 g/mol. The number of ether oxygens (including phenoxy) is 1. The fourth-order valence-electron chi connectivity index (χ4n) is 3.88. The Bertz CT molecular complexity index is 1200. The first-order valence-electron chi connectivity index (χ1n) is 11.4. The van der Waals surface area contributed by atoms with Gasteiger partial charge in [-0.1, -0.05) is 38.1 Å². The van der Waals surface area contributed by atoms with Crippen LogP contribution in [0.5, 0.6) is 5.75 Å². The molecule has 170 valence electrons. The second-order valence-electron chi connectivity index (χ2n) is 8.29. The molecule has 0 spiro atoms. The van der Waals surface area contributed by atoms with E-state index in [1.54, 1.807) is 36.5 Å². The highest BCUT2D eigenvalue weighted by Gasteiger charge is 2.17. The van der Waals surface area contributed by atoms with Gasteiger partial charge in [0.05, 0.1) is 24.1 Å². The zero-order valence-electron chi connectivity index (χ0n) is 19.4. The summed E-state index contributed by atoms with van der Waals surface area (Å²) >= 11 is 0. The Morgan fingerprint density at radius 3 is 2.52 bits per heavy atom. The van der Waals surface area contributed by atoms with Gasteiger partial charge in [-0.3, -0.25) is 9.78 Å². The molecule has 0 saturated carbocycles. The summed E-state index contributed by atoms with van der Waals surface area (Å²) in [6.07, 6.45) is 4.38. The number of amides is 1. The fourth-order valence-corrected chi connectivity index (χ4v) is 3.88. The number of fused-ring (bicyclic) bond motifs is 1. The lowest BCUT2D eigenvalue weighted by Crippen LogP contribution is -2.28. The maximum atomic E-state index is 12.8. The molecular formula is C27H30N4O2. The molecule has 0 aliphatic carbocycles. The second kappa shape index (κ2) is 10.3. The Labute approximate surface area is 194 Å². The average Bonchev–Trinajstić information content (AvgIpc) is 3.21. The van der Waals surface area contributed by atoms with E-state index in [4.69, 9.17) is 9.72 Å². The highest BCUT2D eigenvalue weighted by atomic mass is 16.5. The first-order chi connectivity index (χ1) is 16.1. The van der Waals surface area contributed by atoms with Crippen LogP contribution in [0.2, 0.25) is 0 Å². The number of imidazole rings is 1. The number of carbonyl (C=O) groups excluding carboxylic acids is 1. The van der Waals surface area contributed by atoms with Crippen molar-refractivity contribution in [2.45, 2.75) is 39.3 Å². The van der Waals surface area contributed by atoms with E-state index in [9.17, 15) is 4.79 Å². The predicted molar refractivity (Wildman–Crippen MR) is 130 cm³/mol. The smallest absolute Gasteiger partial charge is 0.254 e. The van der Waals surface area contributed by atoms with Crippen LogP contribution in [0.4, 0.5) is 0 Å². The summed E-state index contributed by atoms with van der Waals surface area (Å²) < 4.78 is 8.18. The van der Waals surface area contributed by atoms with Crippen LogP contribution in [0.15, 0.2) is 73.1 Å². The first kappa shape index (κ1) is 22.5. The predicted octanol–water partition coefficient (Wildman–Crippen LogP) is 5.30. The number of para-hydroxylation sites is 2. The van der Waals surface area contributed by atoms with Gasteiger partial charge in [-0.05, 0) is 54.3 Å². The van der Waals surface area contributed by atoms with Crippen molar-refractivity contribution < 1.29 is 9.53 Å². The van der Waals surface area contributed by atoms with Gasteiger partial charge < -0.3 is 14.2 Å². The van der Waals surface area contributed by atoms with E-state index in [2.05, 4.69) is 41.6 Å². The summed E-state index contributed by atoms with van der Waals surface area (Å²) in [4.78, 5) is 23.3. The van der Waals surface area contributed by atoms with Crippen molar-refractivity contribution in [2.24, 2.45) is 0 Å². The number of aromatic nitrogens is 3. The quantitative estimate of drug-likeness (QED) is 0.353. The lowest BCUT2D eigenvalue weighted by molar-refractivity contribution is 0.0780. The molecule has 0 radical (unpaired) electrons. The molecule has 6 nitrogen and oxygen atoms in total. The molecule has 1 unspecified atom stereocenters. The van der Waals surface area contributed by atoms with Crippen molar-refractivity contribution in [2.75, 3.05) is 13.7 Å². The van der Waals surface area contributed by atoms with Crippen molar-refractivity contribution in [3.8, 4) is 5.75 Å². The molecule has 2 aromatic heterocycles. The number of hydrogen-bond acceptors (Lipinski definition) is 4. The Hall–Kier alpha value is -3.67. The molecule has 33 heavy (non-hydrogen) atoms. The lowest BCUT2D eigenvalue weighted by atomic mass is 9.99. The summed E-state index contributed by atoms with van der Waals surface area (Å²) in [5.74, 6) is 2.18. The first-order valence-corrected chi connectivity index (χ1v) is 11.4. The number of rotatable bonds is 9. The molecule has 0 fully saturated rings. The van der Waals surface area contributed by atoms with Crippen LogP contribution < -0.4 is 4.74 Å². The van der Waals surface area contributed by atoms with Gasteiger partial charge >= 0.3 is 0 Å². The van der Waals surface area contributed by atoms with Gasteiger partial charge in [0, 0.05) is 25.0 Å². The van der Waals surface area contributed by atoms with Gasteiger partial charge in [0.15, 0.2) is 0 Å². The molecule has 2 heterocycles. The molecule has 4 rings (SSSR count). The minimum Gasteiger partial charge on any atom is -0.492 e. The summed E-state index contributed by atoms with van der Waals surface area (Å²) in [5.41, 5.74) is 3.89. The molecule has 0 bridgehead atoms. The maximum Gasteiger partial charge on any atom is 0.254 e. The Kier molecular flexibility index (Phi) is 7.03. The van der Waals surface area contributed by atoms with Crippen LogP contribution >= 0.6 is 0 Å². The lowest BCUT2D eigenvalue weighted by Gasteiger charge is -2.18. The SMILES string of the molecule is CCC(C)c1ccc(OCCn2c(CN(C)C(=O)c3ccncc3)nc3ccccc32)cc1. The van der Waals surface area contributed by atoms with Crippen molar-refractivity contribution in [3.05, 3.63) is 90.0 Å². The van der Waals surface area contributed by atoms with Crippen LogP contribution in [-0.2, 0) is 13.1 Å².